The normalized spacial score (nSPS) is 14.9. The van der Waals surface area contributed by atoms with Gasteiger partial charge >= 0.3 is 0 Å². The molecule has 2 amide bonds. The quantitative estimate of drug-likeness (QED) is 0.335. The molecule has 0 saturated heterocycles. The number of nitrogens with one attached hydrogen (secondary N) is 2. The fourth-order valence-electron chi connectivity index (χ4n) is 5.17. The average molecular weight is 484 g/mol. The molecule has 36 heavy (non-hydrogen) atoms. The summed E-state index contributed by atoms with van der Waals surface area (Å²) in [5, 5.41) is 4.08. The van der Waals surface area contributed by atoms with E-state index in [1.807, 2.05) is 48.7 Å². The molecule has 0 radical (unpaired) electrons. The van der Waals surface area contributed by atoms with Crippen LogP contribution < -0.4 is 10.2 Å². The molecule has 184 valence electrons. The Morgan fingerprint density at radius 1 is 0.917 bits per heavy atom. The van der Waals surface area contributed by atoms with Gasteiger partial charge in [0.05, 0.1) is 6.42 Å². The second-order valence-corrected chi connectivity index (χ2v) is 9.40. The van der Waals surface area contributed by atoms with Crippen molar-refractivity contribution in [2.45, 2.75) is 50.6 Å². The summed E-state index contributed by atoms with van der Waals surface area (Å²) >= 11 is 0. The molecule has 5 rings (SSSR count). The average Bonchev–Trinajstić information content (AvgIpc) is 3.31. The van der Waals surface area contributed by atoms with Crippen LogP contribution in [0.1, 0.15) is 49.3 Å². The summed E-state index contributed by atoms with van der Waals surface area (Å²) in [5.74, 6) is -1.15. The van der Waals surface area contributed by atoms with E-state index in [0.29, 0.717) is 5.69 Å². The molecule has 0 aliphatic heterocycles. The molecule has 1 aliphatic rings. The van der Waals surface area contributed by atoms with Gasteiger partial charge in [0.1, 0.15) is 11.9 Å². The number of para-hydroxylation sites is 2. The number of carbonyl (C=O) groups excluding carboxylic acids is 2. The van der Waals surface area contributed by atoms with E-state index in [1.165, 1.54) is 11.0 Å². The number of hydrogen-bond acceptors (Lipinski definition) is 2. The summed E-state index contributed by atoms with van der Waals surface area (Å²) in [6, 6.07) is 22.0. The summed E-state index contributed by atoms with van der Waals surface area (Å²) < 4.78 is 15.2. The van der Waals surface area contributed by atoms with Crippen molar-refractivity contribution in [3.05, 3.63) is 102 Å². The standard InChI is InChI=1S/C30H30FN3O2/c31-26-17-9-7-16-25(26)29(30(36)33-22-11-3-1-4-12-22)34(23-13-5-2-6-14-23)28(35)19-21-20-32-27-18-10-8-15-24(21)27/h2,5-10,13-18,20,22,29,32H,1,3-4,11-12,19H2,(H,33,36). The van der Waals surface area contributed by atoms with Crippen molar-refractivity contribution in [3.63, 3.8) is 0 Å². The van der Waals surface area contributed by atoms with Gasteiger partial charge in [-0.15, -0.1) is 0 Å². The highest BCUT2D eigenvalue weighted by atomic mass is 19.1. The third kappa shape index (κ3) is 5.03. The van der Waals surface area contributed by atoms with Crippen LogP contribution in [0.3, 0.4) is 0 Å². The second-order valence-electron chi connectivity index (χ2n) is 9.40. The van der Waals surface area contributed by atoms with Crippen molar-refractivity contribution in [2.24, 2.45) is 0 Å². The highest BCUT2D eigenvalue weighted by Gasteiger charge is 2.35. The lowest BCUT2D eigenvalue weighted by molar-refractivity contribution is -0.127. The minimum absolute atomic E-state index is 0.0295. The molecule has 1 heterocycles. The van der Waals surface area contributed by atoms with E-state index in [2.05, 4.69) is 10.3 Å². The zero-order chi connectivity index (χ0) is 24.9. The predicted octanol–water partition coefficient (Wildman–Crippen LogP) is 6.07. The van der Waals surface area contributed by atoms with Crippen molar-refractivity contribution in [1.82, 2.24) is 10.3 Å². The first kappa shape index (κ1) is 23.8. The van der Waals surface area contributed by atoms with Crippen LogP contribution in [0.2, 0.25) is 0 Å². The van der Waals surface area contributed by atoms with Crippen LogP contribution in [0.25, 0.3) is 10.9 Å². The summed E-state index contributed by atoms with van der Waals surface area (Å²) in [6.07, 6.45) is 6.94. The third-order valence-corrected chi connectivity index (χ3v) is 6.98. The van der Waals surface area contributed by atoms with E-state index in [4.69, 9.17) is 0 Å². The number of hydrogen-bond donors (Lipinski definition) is 2. The lowest BCUT2D eigenvalue weighted by Gasteiger charge is -2.33. The molecule has 5 nitrogen and oxygen atoms in total. The van der Waals surface area contributed by atoms with Crippen LogP contribution in [0.15, 0.2) is 85.1 Å². The van der Waals surface area contributed by atoms with Crippen molar-refractivity contribution in [1.29, 1.82) is 0 Å². The van der Waals surface area contributed by atoms with Gasteiger partial charge in [-0.25, -0.2) is 4.39 Å². The number of aromatic amines is 1. The Bertz CT molecular complexity index is 1340. The number of nitrogens with zero attached hydrogens (tertiary/aromatic N) is 1. The van der Waals surface area contributed by atoms with E-state index >= 15 is 4.39 Å². The highest BCUT2D eigenvalue weighted by molar-refractivity contribution is 6.03. The maximum Gasteiger partial charge on any atom is 0.248 e. The SMILES string of the molecule is O=C(NC1CCCCC1)C(c1ccccc1F)N(C(=O)Cc1c[nH]c2ccccc12)c1ccccc1. The Balaban J connectivity index is 1.55. The van der Waals surface area contributed by atoms with Crippen LogP contribution >= 0.6 is 0 Å². The molecule has 1 saturated carbocycles. The van der Waals surface area contributed by atoms with E-state index < -0.39 is 11.9 Å². The van der Waals surface area contributed by atoms with Crippen LogP contribution in [0.4, 0.5) is 10.1 Å². The van der Waals surface area contributed by atoms with Gasteiger partial charge in [-0.3, -0.25) is 14.5 Å². The number of benzene rings is 3. The molecule has 1 fully saturated rings. The molecule has 1 unspecified atom stereocenters. The summed E-state index contributed by atoms with van der Waals surface area (Å²) in [5.41, 5.74) is 2.50. The molecular formula is C30H30FN3O2. The maximum atomic E-state index is 15.2. The van der Waals surface area contributed by atoms with Crippen LogP contribution in [0.5, 0.6) is 0 Å². The van der Waals surface area contributed by atoms with Gasteiger partial charge in [-0.1, -0.05) is 73.9 Å². The van der Waals surface area contributed by atoms with E-state index in [9.17, 15) is 9.59 Å². The van der Waals surface area contributed by atoms with Gasteiger partial charge in [0.2, 0.25) is 11.8 Å². The van der Waals surface area contributed by atoms with E-state index in [-0.39, 0.29) is 29.8 Å². The summed E-state index contributed by atoms with van der Waals surface area (Å²) in [7, 11) is 0. The van der Waals surface area contributed by atoms with Crippen molar-refractivity contribution < 1.29 is 14.0 Å². The van der Waals surface area contributed by atoms with Crippen LogP contribution in [-0.2, 0) is 16.0 Å². The molecule has 4 aromatic rings. The zero-order valence-electron chi connectivity index (χ0n) is 20.1. The highest BCUT2D eigenvalue weighted by Crippen LogP contribution is 2.32. The molecule has 1 aliphatic carbocycles. The van der Waals surface area contributed by atoms with Gasteiger partial charge in [0, 0.05) is 34.4 Å². The Hall–Kier alpha value is -3.93. The third-order valence-electron chi connectivity index (χ3n) is 6.98. The van der Waals surface area contributed by atoms with Gasteiger partial charge in [0.25, 0.3) is 0 Å². The van der Waals surface area contributed by atoms with E-state index in [0.717, 1.165) is 48.6 Å². The van der Waals surface area contributed by atoms with Gasteiger partial charge < -0.3 is 10.3 Å². The molecule has 2 N–H and O–H groups in total. The largest absolute Gasteiger partial charge is 0.361 e. The first-order valence-electron chi connectivity index (χ1n) is 12.6. The molecule has 1 aromatic heterocycles. The van der Waals surface area contributed by atoms with E-state index in [1.54, 1.807) is 30.3 Å². The number of halogens is 1. The number of H-pyrrole nitrogens is 1. The summed E-state index contributed by atoms with van der Waals surface area (Å²) in [6.45, 7) is 0. The Kier molecular flexibility index (Phi) is 7.12. The van der Waals surface area contributed by atoms with Gasteiger partial charge in [0.15, 0.2) is 0 Å². The topological polar surface area (TPSA) is 65.2 Å². The number of amides is 2. The molecule has 0 spiro atoms. The molecule has 6 heteroatoms. The number of aromatic nitrogens is 1. The minimum atomic E-state index is -1.13. The first-order chi connectivity index (χ1) is 17.6. The number of carbonyl (C=O) groups is 2. The molecule has 3 aromatic carbocycles. The smallest absolute Gasteiger partial charge is 0.248 e. The number of anilines is 1. The van der Waals surface area contributed by atoms with Gasteiger partial charge in [-0.2, -0.15) is 0 Å². The van der Waals surface area contributed by atoms with Crippen molar-refractivity contribution >= 4 is 28.4 Å². The predicted molar refractivity (Wildman–Crippen MR) is 140 cm³/mol. The minimum Gasteiger partial charge on any atom is -0.361 e. The second kappa shape index (κ2) is 10.8. The lowest BCUT2D eigenvalue weighted by Crippen LogP contribution is -2.48. The van der Waals surface area contributed by atoms with Crippen LogP contribution in [-0.4, -0.2) is 22.8 Å². The number of fused-ring (bicyclic) bond motifs is 1. The Morgan fingerprint density at radius 2 is 1.61 bits per heavy atom. The molecular weight excluding hydrogens is 453 g/mol. The Labute approximate surface area is 210 Å². The lowest BCUT2D eigenvalue weighted by atomic mass is 9.94. The molecule has 0 bridgehead atoms. The summed E-state index contributed by atoms with van der Waals surface area (Å²) in [4.78, 5) is 32.5. The maximum absolute atomic E-state index is 15.2. The first-order valence-corrected chi connectivity index (χ1v) is 12.6. The number of rotatable bonds is 7. The zero-order valence-corrected chi connectivity index (χ0v) is 20.1. The van der Waals surface area contributed by atoms with Crippen LogP contribution in [0, 0.1) is 5.82 Å². The van der Waals surface area contributed by atoms with Crippen molar-refractivity contribution in [3.8, 4) is 0 Å². The molecule has 1 atom stereocenters. The monoisotopic (exact) mass is 483 g/mol. The fraction of sp³-hybridized carbons (Fsp3) is 0.267. The Morgan fingerprint density at radius 3 is 2.39 bits per heavy atom. The fourth-order valence-corrected chi connectivity index (χ4v) is 5.17. The van der Waals surface area contributed by atoms with Crippen molar-refractivity contribution in [2.75, 3.05) is 4.90 Å². The van der Waals surface area contributed by atoms with Gasteiger partial charge in [-0.05, 0) is 42.7 Å².